The van der Waals surface area contributed by atoms with Crippen molar-refractivity contribution in [3.05, 3.63) is 36.0 Å². The highest BCUT2D eigenvalue weighted by atomic mass is 16.1. The predicted molar refractivity (Wildman–Crippen MR) is 84.1 cm³/mol. The monoisotopic (exact) mass is 283 g/mol. The van der Waals surface area contributed by atoms with Gasteiger partial charge in [0, 0.05) is 17.9 Å². The van der Waals surface area contributed by atoms with Crippen molar-refractivity contribution in [2.45, 2.75) is 39.0 Å². The minimum Gasteiger partial charge on any atom is -0.323 e. The molecule has 2 aromatic rings. The number of nitrogens with one attached hydrogen (secondary N) is 2. The van der Waals surface area contributed by atoms with E-state index in [1.807, 2.05) is 30.3 Å². The summed E-state index contributed by atoms with van der Waals surface area (Å²) >= 11 is 0. The summed E-state index contributed by atoms with van der Waals surface area (Å²) in [7, 11) is 0. The summed E-state index contributed by atoms with van der Waals surface area (Å²) < 4.78 is 0. The van der Waals surface area contributed by atoms with Crippen LogP contribution in [-0.2, 0) is 4.79 Å². The quantitative estimate of drug-likeness (QED) is 0.873. The third-order valence-corrected chi connectivity index (χ3v) is 3.69. The fourth-order valence-corrected chi connectivity index (χ4v) is 2.52. The van der Waals surface area contributed by atoms with Crippen molar-refractivity contribution >= 4 is 11.6 Å². The molecule has 3 rings (SSSR count). The van der Waals surface area contributed by atoms with Gasteiger partial charge in [0.25, 0.3) is 0 Å². The van der Waals surface area contributed by atoms with Crippen LogP contribution < -0.4 is 5.32 Å². The maximum atomic E-state index is 12.1. The largest absolute Gasteiger partial charge is 0.323 e. The van der Waals surface area contributed by atoms with Gasteiger partial charge in [-0.1, -0.05) is 44.2 Å². The molecule has 110 valence electrons. The number of aromatic amines is 1. The van der Waals surface area contributed by atoms with E-state index in [0.29, 0.717) is 18.3 Å². The maximum Gasteiger partial charge on any atom is 0.224 e. The SMILES string of the molecule is CC(C)CC(=O)Nc1c(-c2ccccc2)n[nH]c1C1CC1. The first-order valence-electron chi connectivity index (χ1n) is 7.58. The van der Waals surface area contributed by atoms with Crippen molar-refractivity contribution in [1.29, 1.82) is 0 Å². The third kappa shape index (κ3) is 3.15. The summed E-state index contributed by atoms with van der Waals surface area (Å²) in [6.07, 6.45) is 2.87. The van der Waals surface area contributed by atoms with Crippen LogP contribution in [0.5, 0.6) is 0 Å². The lowest BCUT2D eigenvalue weighted by Crippen LogP contribution is -2.15. The molecular formula is C17H21N3O. The number of benzene rings is 1. The standard InChI is InChI=1S/C17H21N3O/c1-11(2)10-14(21)18-17-15(12-6-4-3-5-7-12)19-20-16(17)13-8-9-13/h3-7,11,13H,8-10H2,1-2H3,(H,18,21)(H,19,20). The number of H-pyrrole nitrogens is 1. The van der Waals surface area contributed by atoms with Crippen molar-refractivity contribution in [3.8, 4) is 11.3 Å². The minimum atomic E-state index is 0.0606. The number of rotatable bonds is 5. The third-order valence-electron chi connectivity index (χ3n) is 3.69. The van der Waals surface area contributed by atoms with Gasteiger partial charge in [0.1, 0.15) is 5.69 Å². The van der Waals surface area contributed by atoms with Crippen LogP contribution in [0, 0.1) is 5.92 Å². The first-order chi connectivity index (χ1) is 10.1. The zero-order chi connectivity index (χ0) is 14.8. The summed E-state index contributed by atoms with van der Waals surface area (Å²) in [4.78, 5) is 12.1. The Hall–Kier alpha value is -2.10. The normalized spacial score (nSPS) is 14.4. The van der Waals surface area contributed by atoms with E-state index in [9.17, 15) is 4.79 Å². The van der Waals surface area contributed by atoms with Crippen molar-refractivity contribution in [3.63, 3.8) is 0 Å². The number of hydrogen-bond acceptors (Lipinski definition) is 2. The highest BCUT2D eigenvalue weighted by Crippen LogP contribution is 2.45. The molecule has 0 unspecified atom stereocenters. The molecule has 1 heterocycles. The van der Waals surface area contributed by atoms with Gasteiger partial charge in [-0.3, -0.25) is 9.89 Å². The molecule has 0 radical (unpaired) electrons. The van der Waals surface area contributed by atoms with Crippen molar-refractivity contribution in [1.82, 2.24) is 10.2 Å². The summed E-state index contributed by atoms with van der Waals surface area (Å²) in [5.41, 5.74) is 3.82. The molecule has 1 saturated carbocycles. The van der Waals surface area contributed by atoms with E-state index < -0.39 is 0 Å². The molecule has 1 aliphatic carbocycles. The highest BCUT2D eigenvalue weighted by molar-refractivity contribution is 5.95. The lowest BCUT2D eigenvalue weighted by Gasteiger charge is -2.09. The lowest BCUT2D eigenvalue weighted by molar-refractivity contribution is -0.116. The van der Waals surface area contributed by atoms with E-state index in [1.165, 1.54) is 12.8 Å². The van der Waals surface area contributed by atoms with E-state index in [1.54, 1.807) is 0 Å². The Kier molecular flexibility index (Phi) is 3.78. The predicted octanol–water partition coefficient (Wildman–Crippen LogP) is 3.94. The lowest BCUT2D eigenvalue weighted by atomic mass is 10.1. The molecule has 4 nitrogen and oxygen atoms in total. The number of amides is 1. The Labute approximate surface area is 125 Å². The molecule has 0 aliphatic heterocycles. The number of hydrogen-bond donors (Lipinski definition) is 2. The second-order valence-corrected chi connectivity index (χ2v) is 6.15. The summed E-state index contributed by atoms with van der Waals surface area (Å²) in [5.74, 6) is 0.927. The molecule has 1 amide bonds. The molecule has 0 bridgehead atoms. The van der Waals surface area contributed by atoms with Gasteiger partial charge in [-0.25, -0.2) is 0 Å². The molecular weight excluding hydrogens is 262 g/mol. The summed E-state index contributed by atoms with van der Waals surface area (Å²) in [6, 6.07) is 9.99. The average molecular weight is 283 g/mol. The number of carbonyl (C=O) groups excluding carboxylic acids is 1. The number of anilines is 1. The second-order valence-electron chi connectivity index (χ2n) is 6.15. The topological polar surface area (TPSA) is 57.8 Å². The molecule has 21 heavy (non-hydrogen) atoms. The van der Waals surface area contributed by atoms with Crippen LogP contribution in [0.4, 0.5) is 5.69 Å². The Balaban J connectivity index is 1.92. The average Bonchev–Trinajstić information content (AvgIpc) is 3.21. The Morgan fingerprint density at radius 3 is 2.67 bits per heavy atom. The molecule has 0 saturated heterocycles. The van der Waals surface area contributed by atoms with Crippen LogP contribution in [-0.4, -0.2) is 16.1 Å². The van der Waals surface area contributed by atoms with Crippen LogP contribution in [0.1, 0.15) is 44.7 Å². The number of carbonyl (C=O) groups is 1. The minimum absolute atomic E-state index is 0.0606. The molecule has 2 N–H and O–H groups in total. The van der Waals surface area contributed by atoms with E-state index in [4.69, 9.17) is 0 Å². The fraction of sp³-hybridized carbons (Fsp3) is 0.412. The molecule has 0 spiro atoms. The van der Waals surface area contributed by atoms with Crippen molar-refractivity contribution < 1.29 is 4.79 Å². The van der Waals surface area contributed by atoms with Crippen LogP contribution >= 0.6 is 0 Å². The van der Waals surface area contributed by atoms with Gasteiger partial charge in [0.2, 0.25) is 5.91 Å². The summed E-state index contributed by atoms with van der Waals surface area (Å²) in [6.45, 7) is 4.10. The smallest absolute Gasteiger partial charge is 0.224 e. The van der Waals surface area contributed by atoms with Crippen LogP contribution in [0.3, 0.4) is 0 Å². The molecule has 1 aromatic carbocycles. The van der Waals surface area contributed by atoms with E-state index in [2.05, 4.69) is 29.4 Å². The van der Waals surface area contributed by atoms with Crippen LogP contribution in [0.25, 0.3) is 11.3 Å². The molecule has 0 atom stereocenters. The second kappa shape index (κ2) is 5.72. The van der Waals surface area contributed by atoms with E-state index in [0.717, 1.165) is 22.6 Å². The first kappa shape index (κ1) is 13.9. The van der Waals surface area contributed by atoms with Crippen molar-refractivity contribution in [2.24, 2.45) is 5.92 Å². The van der Waals surface area contributed by atoms with Gasteiger partial charge in [-0.15, -0.1) is 0 Å². The molecule has 1 aliphatic rings. The first-order valence-corrected chi connectivity index (χ1v) is 7.58. The van der Waals surface area contributed by atoms with Gasteiger partial charge in [0.05, 0.1) is 11.4 Å². The molecule has 4 heteroatoms. The Morgan fingerprint density at radius 2 is 2.05 bits per heavy atom. The van der Waals surface area contributed by atoms with Gasteiger partial charge < -0.3 is 5.32 Å². The maximum absolute atomic E-state index is 12.1. The fourth-order valence-electron chi connectivity index (χ4n) is 2.52. The van der Waals surface area contributed by atoms with Crippen LogP contribution in [0.15, 0.2) is 30.3 Å². The van der Waals surface area contributed by atoms with E-state index >= 15 is 0 Å². The summed E-state index contributed by atoms with van der Waals surface area (Å²) in [5, 5.41) is 10.6. The zero-order valence-electron chi connectivity index (χ0n) is 12.5. The Bertz CT molecular complexity index is 627. The van der Waals surface area contributed by atoms with Crippen molar-refractivity contribution in [2.75, 3.05) is 5.32 Å². The number of aromatic nitrogens is 2. The van der Waals surface area contributed by atoms with Crippen LogP contribution in [0.2, 0.25) is 0 Å². The highest BCUT2D eigenvalue weighted by Gasteiger charge is 2.30. The van der Waals surface area contributed by atoms with E-state index in [-0.39, 0.29) is 5.91 Å². The number of nitrogens with zero attached hydrogens (tertiary/aromatic N) is 1. The van der Waals surface area contributed by atoms with Gasteiger partial charge in [0.15, 0.2) is 0 Å². The molecule has 1 fully saturated rings. The van der Waals surface area contributed by atoms with Gasteiger partial charge in [-0.05, 0) is 18.8 Å². The van der Waals surface area contributed by atoms with Gasteiger partial charge >= 0.3 is 0 Å². The Morgan fingerprint density at radius 1 is 1.33 bits per heavy atom. The van der Waals surface area contributed by atoms with Gasteiger partial charge in [-0.2, -0.15) is 5.10 Å². The zero-order valence-corrected chi connectivity index (χ0v) is 12.5. The molecule has 1 aromatic heterocycles.